The maximum absolute atomic E-state index is 12.9. The van der Waals surface area contributed by atoms with Gasteiger partial charge in [0.2, 0.25) is 0 Å². The van der Waals surface area contributed by atoms with Crippen LogP contribution in [0.4, 0.5) is 0 Å². The fourth-order valence-electron chi connectivity index (χ4n) is 3.77. The normalized spacial score (nSPS) is 18.4. The van der Waals surface area contributed by atoms with Crippen molar-refractivity contribution in [3.05, 3.63) is 76.4 Å². The summed E-state index contributed by atoms with van der Waals surface area (Å²) in [6, 6.07) is 14.6. The summed E-state index contributed by atoms with van der Waals surface area (Å²) < 4.78 is 5.12. The molecule has 3 rings (SSSR count). The van der Waals surface area contributed by atoms with Gasteiger partial charge in [0.25, 0.3) is 11.7 Å². The van der Waals surface area contributed by atoms with Crippen LogP contribution in [0.25, 0.3) is 5.76 Å². The van der Waals surface area contributed by atoms with Crippen molar-refractivity contribution < 1.29 is 19.4 Å². The molecule has 5 nitrogen and oxygen atoms in total. The molecule has 0 aliphatic carbocycles. The van der Waals surface area contributed by atoms with Gasteiger partial charge in [0.15, 0.2) is 0 Å². The van der Waals surface area contributed by atoms with Crippen LogP contribution in [0, 0.1) is 6.92 Å². The van der Waals surface area contributed by atoms with Gasteiger partial charge in [-0.05, 0) is 30.4 Å². The molecule has 2 aromatic carbocycles. The van der Waals surface area contributed by atoms with Crippen LogP contribution in [-0.4, -0.2) is 42.0 Å². The van der Waals surface area contributed by atoms with E-state index < -0.39 is 17.7 Å². The minimum Gasteiger partial charge on any atom is -0.507 e. The number of benzene rings is 2. The number of likely N-dealkylation sites (tertiary alicyclic amines) is 1. The van der Waals surface area contributed by atoms with Gasteiger partial charge in [-0.2, -0.15) is 0 Å². The molecular formula is C25H29NO4. The van der Waals surface area contributed by atoms with Gasteiger partial charge in [0.05, 0.1) is 11.6 Å². The topological polar surface area (TPSA) is 66.8 Å². The molecular weight excluding hydrogens is 378 g/mol. The molecule has 2 aromatic rings. The summed E-state index contributed by atoms with van der Waals surface area (Å²) in [5.41, 5.74) is 3.70. The number of methoxy groups -OCH3 is 1. The Labute approximate surface area is 178 Å². The van der Waals surface area contributed by atoms with E-state index in [0.29, 0.717) is 31.1 Å². The molecule has 1 fully saturated rings. The highest BCUT2D eigenvalue weighted by molar-refractivity contribution is 6.46. The van der Waals surface area contributed by atoms with Crippen molar-refractivity contribution in [2.75, 3.05) is 20.3 Å². The van der Waals surface area contributed by atoms with E-state index in [2.05, 4.69) is 13.8 Å². The lowest BCUT2D eigenvalue weighted by Gasteiger charge is -2.25. The molecule has 0 saturated carbocycles. The van der Waals surface area contributed by atoms with Gasteiger partial charge in [-0.3, -0.25) is 9.59 Å². The molecule has 0 radical (unpaired) electrons. The monoisotopic (exact) mass is 407 g/mol. The molecule has 158 valence electrons. The first kappa shape index (κ1) is 21.8. The van der Waals surface area contributed by atoms with E-state index in [-0.39, 0.29) is 11.3 Å². The molecule has 5 heteroatoms. The lowest BCUT2D eigenvalue weighted by atomic mass is 9.93. The van der Waals surface area contributed by atoms with E-state index in [1.165, 1.54) is 5.56 Å². The molecule has 1 aliphatic heterocycles. The van der Waals surface area contributed by atoms with Gasteiger partial charge in [0, 0.05) is 25.8 Å². The van der Waals surface area contributed by atoms with Crippen LogP contribution >= 0.6 is 0 Å². The Morgan fingerprint density at radius 3 is 2.27 bits per heavy atom. The van der Waals surface area contributed by atoms with Crippen LogP contribution in [0.3, 0.4) is 0 Å². The fourth-order valence-corrected chi connectivity index (χ4v) is 3.77. The number of ether oxygens (including phenoxy) is 1. The van der Waals surface area contributed by atoms with Gasteiger partial charge in [0.1, 0.15) is 5.76 Å². The summed E-state index contributed by atoms with van der Waals surface area (Å²) in [4.78, 5) is 27.3. The van der Waals surface area contributed by atoms with Crippen molar-refractivity contribution in [1.29, 1.82) is 0 Å². The van der Waals surface area contributed by atoms with E-state index in [0.717, 1.165) is 11.1 Å². The number of aliphatic hydroxyl groups excluding tert-OH is 1. The maximum Gasteiger partial charge on any atom is 0.295 e. The number of aryl methyl sites for hydroxylation is 1. The van der Waals surface area contributed by atoms with E-state index >= 15 is 0 Å². The molecule has 1 N–H and O–H groups in total. The number of hydrogen-bond acceptors (Lipinski definition) is 4. The van der Waals surface area contributed by atoms with Crippen LogP contribution in [-0.2, 0) is 14.3 Å². The van der Waals surface area contributed by atoms with E-state index in [9.17, 15) is 14.7 Å². The number of nitrogens with zero attached hydrogens (tertiary/aromatic N) is 1. The van der Waals surface area contributed by atoms with Crippen LogP contribution in [0.1, 0.15) is 54.5 Å². The first-order valence-electron chi connectivity index (χ1n) is 10.3. The second kappa shape index (κ2) is 9.26. The number of Topliss-reactive ketones (excluding diaryl/α,β-unsaturated/α-hetero) is 1. The number of aliphatic hydroxyl groups is 1. The second-order valence-corrected chi connectivity index (χ2v) is 8.03. The molecule has 0 aromatic heterocycles. The molecule has 0 spiro atoms. The Balaban J connectivity index is 2.10. The number of hydrogen-bond donors (Lipinski definition) is 1. The van der Waals surface area contributed by atoms with Gasteiger partial charge < -0.3 is 14.7 Å². The minimum absolute atomic E-state index is 0.138. The minimum atomic E-state index is -0.650. The summed E-state index contributed by atoms with van der Waals surface area (Å²) in [5.74, 6) is -0.999. The third-order valence-electron chi connectivity index (χ3n) is 5.53. The lowest BCUT2D eigenvalue weighted by Crippen LogP contribution is -2.31. The molecule has 1 heterocycles. The van der Waals surface area contributed by atoms with Crippen molar-refractivity contribution in [2.24, 2.45) is 0 Å². The average molecular weight is 408 g/mol. The Morgan fingerprint density at radius 1 is 1.07 bits per heavy atom. The highest BCUT2D eigenvalue weighted by Gasteiger charge is 2.45. The SMILES string of the molecule is COCCCN1C(=O)C(=O)/C(=C(\O)c2ccc(C)cc2)C1c1ccc(C(C)C)cc1. The average Bonchev–Trinajstić information content (AvgIpc) is 2.99. The number of carbonyl (C=O) groups excluding carboxylic acids is 2. The Morgan fingerprint density at radius 2 is 1.70 bits per heavy atom. The van der Waals surface area contributed by atoms with Gasteiger partial charge in [-0.25, -0.2) is 0 Å². The van der Waals surface area contributed by atoms with Gasteiger partial charge in [-0.15, -0.1) is 0 Å². The third-order valence-corrected chi connectivity index (χ3v) is 5.53. The molecule has 1 atom stereocenters. The van der Waals surface area contributed by atoms with Crippen molar-refractivity contribution in [3.8, 4) is 0 Å². The van der Waals surface area contributed by atoms with Crippen molar-refractivity contribution in [2.45, 2.75) is 39.2 Å². The Bertz CT molecular complexity index is 942. The number of ketones is 1. The Kier molecular flexibility index (Phi) is 6.73. The summed E-state index contributed by atoms with van der Waals surface area (Å²) >= 11 is 0. The number of carbonyl (C=O) groups is 2. The molecule has 1 amide bonds. The zero-order valence-corrected chi connectivity index (χ0v) is 18.0. The molecule has 0 bridgehead atoms. The van der Waals surface area contributed by atoms with Crippen molar-refractivity contribution >= 4 is 17.4 Å². The summed E-state index contributed by atoms with van der Waals surface area (Å²) in [5, 5.41) is 11.0. The van der Waals surface area contributed by atoms with E-state index in [1.807, 2.05) is 43.3 Å². The van der Waals surface area contributed by atoms with E-state index in [4.69, 9.17) is 4.74 Å². The quantitative estimate of drug-likeness (QED) is 0.316. The summed E-state index contributed by atoms with van der Waals surface area (Å²) in [6.45, 7) is 7.04. The first-order valence-corrected chi connectivity index (χ1v) is 10.3. The van der Waals surface area contributed by atoms with Crippen LogP contribution in [0.15, 0.2) is 54.1 Å². The van der Waals surface area contributed by atoms with Crippen molar-refractivity contribution in [1.82, 2.24) is 4.90 Å². The predicted octanol–water partition coefficient (Wildman–Crippen LogP) is 4.58. The first-order chi connectivity index (χ1) is 14.3. The predicted molar refractivity (Wildman–Crippen MR) is 117 cm³/mol. The number of amides is 1. The number of rotatable bonds is 7. The van der Waals surface area contributed by atoms with Crippen molar-refractivity contribution in [3.63, 3.8) is 0 Å². The fraction of sp³-hybridized carbons (Fsp3) is 0.360. The van der Waals surface area contributed by atoms with E-state index in [1.54, 1.807) is 24.1 Å². The zero-order valence-electron chi connectivity index (χ0n) is 18.0. The van der Waals surface area contributed by atoms with Gasteiger partial charge in [-0.1, -0.05) is 67.9 Å². The molecule has 1 unspecified atom stereocenters. The lowest BCUT2D eigenvalue weighted by molar-refractivity contribution is -0.140. The van der Waals surface area contributed by atoms with Crippen LogP contribution in [0.2, 0.25) is 0 Å². The highest BCUT2D eigenvalue weighted by Crippen LogP contribution is 2.39. The van der Waals surface area contributed by atoms with Crippen LogP contribution < -0.4 is 0 Å². The highest BCUT2D eigenvalue weighted by atomic mass is 16.5. The van der Waals surface area contributed by atoms with Gasteiger partial charge >= 0.3 is 0 Å². The summed E-state index contributed by atoms with van der Waals surface area (Å²) in [6.07, 6.45) is 0.606. The molecule has 1 aliphatic rings. The largest absolute Gasteiger partial charge is 0.507 e. The second-order valence-electron chi connectivity index (χ2n) is 8.03. The smallest absolute Gasteiger partial charge is 0.295 e. The molecule has 1 saturated heterocycles. The third kappa shape index (κ3) is 4.31. The standard InChI is InChI=1S/C25H29NO4/c1-16(2)18-10-12-19(13-11-18)22-21(23(27)20-8-6-17(3)7-9-20)24(28)25(29)26(22)14-5-15-30-4/h6-13,16,22,27H,5,14-15H2,1-4H3/b23-21-. The maximum atomic E-state index is 12.9. The Hall–Kier alpha value is -2.92. The van der Waals surface area contributed by atoms with Crippen LogP contribution in [0.5, 0.6) is 0 Å². The molecule has 30 heavy (non-hydrogen) atoms. The zero-order chi connectivity index (χ0) is 21.8. The summed E-state index contributed by atoms with van der Waals surface area (Å²) in [7, 11) is 1.60.